The lowest BCUT2D eigenvalue weighted by Crippen LogP contribution is -2.09. The molecule has 0 saturated carbocycles. The van der Waals surface area contributed by atoms with E-state index in [0.717, 1.165) is 25.1 Å². The molecule has 0 aliphatic heterocycles. The molecule has 1 aromatic heterocycles. The third-order valence-corrected chi connectivity index (χ3v) is 3.52. The fourth-order valence-electron chi connectivity index (χ4n) is 2.19. The summed E-state index contributed by atoms with van der Waals surface area (Å²) in [7, 11) is 3.34. The number of aromatic nitrogens is 2. The number of methoxy groups -OCH3 is 1. The van der Waals surface area contributed by atoms with Crippen molar-refractivity contribution >= 4 is 5.78 Å². The number of ketones is 1. The van der Waals surface area contributed by atoms with E-state index in [1.54, 1.807) is 22.9 Å². The van der Waals surface area contributed by atoms with Crippen LogP contribution >= 0.6 is 0 Å². The number of aromatic hydroxyl groups is 1. The van der Waals surface area contributed by atoms with Crippen molar-refractivity contribution in [2.75, 3.05) is 7.11 Å². The fourth-order valence-corrected chi connectivity index (χ4v) is 2.19. The number of unbranched alkanes of at least 4 members (excludes halogenated alkanes) is 1. The largest absolute Gasteiger partial charge is 0.507 e. The molecule has 0 amide bonds. The first kappa shape index (κ1) is 15.1. The third-order valence-electron chi connectivity index (χ3n) is 3.52. The topological polar surface area (TPSA) is 64.3 Å². The van der Waals surface area contributed by atoms with Crippen LogP contribution in [0.5, 0.6) is 11.5 Å². The molecule has 0 spiro atoms. The Kier molecular flexibility index (Phi) is 4.62. The van der Waals surface area contributed by atoms with Crippen molar-refractivity contribution in [1.29, 1.82) is 0 Å². The van der Waals surface area contributed by atoms with Crippen molar-refractivity contribution in [2.45, 2.75) is 26.2 Å². The summed E-state index contributed by atoms with van der Waals surface area (Å²) in [6, 6.07) is 4.65. The molecule has 1 heterocycles. The fraction of sp³-hybridized carbons (Fsp3) is 0.375. The Hall–Kier alpha value is -2.30. The van der Waals surface area contributed by atoms with Gasteiger partial charge in [0.1, 0.15) is 23.0 Å². The lowest BCUT2D eigenvalue weighted by molar-refractivity contribution is 0.102. The van der Waals surface area contributed by atoms with Crippen molar-refractivity contribution in [3.05, 3.63) is 41.5 Å². The van der Waals surface area contributed by atoms with Crippen molar-refractivity contribution in [2.24, 2.45) is 7.05 Å². The minimum Gasteiger partial charge on any atom is -0.507 e. The summed E-state index contributed by atoms with van der Waals surface area (Å²) in [6.45, 7) is 2.12. The van der Waals surface area contributed by atoms with E-state index in [0.29, 0.717) is 11.4 Å². The molecular formula is C16H20N2O3. The van der Waals surface area contributed by atoms with E-state index in [4.69, 9.17) is 4.74 Å². The highest BCUT2D eigenvalue weighted by molar-refractivity contribution is 6.09. The molecule has 0 unspecified atom stereocenters. The number of phenolic OH excluding ortho intramolecular Hbond substituents is 1. The van der Waals surface area contributed by atoms with Gasteiger partial charge >= 0.3 is 0 Å². The van der Waals surface area contributed by atoms with Gasteiger partial charge in [0.2, 0.25) is 5.78 Å². The third kappa shape index (κ3) is 3.07. The Morgan fingerprint density at radius 2 is 2.19 bits per heavy atom. The Bertz CT molecular complexity index is 647. The minimum absolute atomic E-state index is 0.0874. The molecule has 0 bridgehead atoms. The van der Waals surface area contributed by atoms with Crippen LogP contribution < -0.4 is 4.74 Å². The maximum atomic E-state index is 12.5. The van der Waals surface area contributed by atoms with Gasteiger partial charge in [-0.05, 0) is 18.6 Å². The van der Waals surface area contributed by atoms with Crippen LogP contribution in [0.25, 0.3) is 0 Å². The van der Waals surface area contributed by atoms with Crippen LogP contribution in [0.1, 0.15) is 41.6 Å². The van der Waals surface area contributed by atoms with Crippen molar-refractivity contribution in [1.82, 2.24) is 9.55 Å². The average molecular weight is 288 g/mol. The van der Waals surface area contributed by atoms with Crippen LogP contribution in [-0.2, 0) is 13.5 Å². The molecule has 0 aliphatic carbocycles. The number of hydrogen-bond acceptors (Lipinski definition) is 4. The lowest BCUT2D eigenvalue weighted by atomic mass is 10.1. The predicted molar refractivity (Wildman–Crippen MR) is 79.9 cm³/mol. The molecule has 5 nitrogen and oxygen atoms in total. The number of carbonyl (C=O) groups excluding carboxylic acids is 1. The Balaban J connectivity index is 2.30. The molecule has 2 rings (SSSR count). The van der Waals surface area contributed by atoms with Gasteiger partial charge in [0.25, 0.3) is 0 Å². The first-order valence-electron chi connectivity index (χ1n) is 7.00. The number of benzene rings is 1. The van der Waals surface area contributed by atoms with Crippen LogP contribution in [-0.4, -0.2) is 27.6 Å². The standard InChI is InChI=1S/C16H20N2O3/c1-4-5-6-15-17-10-13(18(15)2)16(20)12-8-7-11(21-3)9-14(12)19/h7-10,19H,4-6H2,1-3H3. The van der Waals surface area contributed by atoms with Gasteiger partial charge in [-0.1, -0.05) is 13.3 Å². The van der Waals surface area contributed by atoms with Gasteiger partial charge in [0.15, 0.2) is 0 Å². The van der Waals surface area contributed by atoms with E-state index in [9.17, 15) is 9.90 Å². The maximum absolute atomic E-state index is 12.5. The second kappa shape index (κ2) is 6.43. The zero-order valence-corrected chi connectivity index (χ0v) is 12.6. The molecule has 2 aromatic rings. The lowest BCUT2D eigenvalue weighted by Gasteiger charge is -2.08. The van der Waals surface area contributed by atoms with E-state index >= 15 is 0 Å². The molecule has 112 valence electrons. The molecule has 0 fully saturated rings. The summed E-state index contributed by atoms with van der Waals surface area (Å²) in [5.74, 6) is 1.06. The zero-order chi connectivity index (χ0) is 15.4. The monoisotopic (exact) mass is 288 g/mol. The van der Waals surface area contributed by atoms with Crippen LogP contribution in [0.4, 0.5) is 0 Å². The van der Waals surface area contributed by atoms with Crippen LogP contribution in [0.2, 0.25) is 0 Å². The van der Waals surface area contributed by atoms with Gasteiger partial charge in [-0.2, -0.15) is 0 Å². The molecule has 5 heteroatoms. The number of phenols is 1. The van der Waals surface area contributed by atoms with Crippen LogP contribution in [0.3, 0.4) is 0 Å². The SMILES string of the molecule is CCCCc1ncc(C(=O)c2ccc(OC)cc2O)n1C. The molecule has 0 saturated heterocycles. The average Bonchev–Trinajstić information content (AvgIpc) is 2.85. The van der Waals surface area contributed by atoms with Crippen LogP contribution in [0, 0.1) is 0 Å². The number of imidazole rings is 1. The van der Waals surface area contributed by atoms with Gasteiger partial charge in [0.05, 0.1) is 18.9 Å². The van der Waals surface area contributed by atoms with Crippen molar-refractivity contribution in [3.8, 4) is 11.5 Å². The highest BCUT2D eigenvalue weighted by Gasteiger charge is 2.19. The second-order valence-electron chi connectivity index (χ2n) is 4.93. The zero-order valence-electron chi connectivity index (χ0n) is 12.6. The number of rotatable bonds is 6. The predicted octanol–water partition coefficient (Wildman–Crippen LogP) is 2.71. The number of carbonyl (C=O) groups is 1. The smallest absolute Gasteiger partial charge is 0.214 e. The number of aryl methyl sites for hydroxylation is 1. The molecular weight excluding hydrogens is 268 g/mol. The Morgan fingerprint density at radius 3 is 2.81 bits per heavy atom. The van der Waals surface area contributed by atoms with Gasteiger partial charge in [-0.25, -0.2) is 4.98 Å². The summed E-state index contributed by atoms with van der Waals surface area (Å²) in [5, 5.41) is 9.96. The molecule has 0 atom stereocenters. The summed E-state index contributed by atoms with van der Waals surface area (Å²) >= 11 is 0. The molecule has 1 aromatic carbocycles. The number of nitrogens with zero attached hydrogens (tertiary/aromatic N) is 2. The highest BCUT2D eigenvalue weighted by Crippen LogP contribution is 2.25. The Morgan fingerprint density at radius 1 is 1.43 bits per heavy atom. The van der Waals surface area contributed by atoms with Gasteiger partial charge in [-0.3, -0.25) is 4.79 Å². The minimum atomic E-state index is -0.243. The summed E-state index contributed by atoms with van der Waals surface area (Å²) in [6.07, 6.45) is 4.52. The second-order valence-corrected chi connectivity index (χ2v) is 4.93. The van der Waals surface area contributed by atoms with E-state index in [-0.39, 0.29) is 17.1 Å². The van der Waals surface area contributed by atoms with E-state index < -0.39 is 0 Å². The Labute approximate surface area is 124 Å². The maximum Gasteiger partial charge on any atom is 0.214 e. The normalized spacial score (nSPS) is 10.6. The quantitative estimate of drug-likeness (QED) is 0.830. The highest BCUT2D eigenvalue weighted by atomic mass is 16.5. The van der Waals surface area contributed by atoms with Gasteiger partial charge in [0, 0.05) is 19.5 Å². The van der Waals surface area contributed by atoms with Crippen molar-refractivity contribution in [3.63, 3.8) is 0 Å². The van der Waals surface area contributed by atoms with E-state index in [1.807, 2.05) is 7.05 Å². The molecule has 1 N–H and O–H groups in total. The van der Waals surface area contributed by atoms with Crippen molar-refractivity contribution < 1.29 is 14.6 Å². The summed E-state index contributed by atoms with van der Waals surface area (Å²) in [5.41, 5.74) is 0.724. The van der Waals surface area contributed by atoms with E-state index in [2.05, 4.69) is 11.9 Å². The molecule has 21 heavy (non-hydrogen) atoms. The van der Waals surface area contributed by atoms with Gasteiger partial charge in [-0.15, -0.1) is 0 Å². The number of ether oxygens (including phenoxy) is 1. The summed E-state index contributed by atoms with van der Waals surface area (Å²) in [4.78, 5) is 16.8. The number of hydrogen-bond donors (Lipinski definition) is 1. The molecule has 0 radical (unpaired) electrons. The van der Waals surface area contributed by atoms with E-state index in [1.165, 1.54) is 13.2 Å². The summed E-state index contributed by atoms with van der Waals surface area (Å²) < 4.78 is 6.81. The first-order valence-corrected chi connectivity index (χ1v) is 7.00. The van der Waals surface area contributed by atoms with Crippen LogP contribution in [0.15, 0.2) is 24.4 Å². The molecule has 0 aliphatic rings. The first-order chi connectivity index (χ1) is 10.1. The van der Waals surface area contributed by atoms with Gasteiger partial charge < -0.3 is 14.4 Å².